The van der Waals surface area contributed by atoms with Crippen molar-refractivity contribution in [2.45, 2.75) is 6.54 Å². The largest absolute Gasteiger partial charge is 0.295 e. The van der Waals surface area contributed by atoms with Gasteiger partial charge >= 0.3 is 0 Å². The van der Waals surface area contributed by atoms with Crippen LogP contribution < -0.4 is 0 Å². The van der Waals surface area contributed by atoms with Crippen LogP contribution >= 0.6 is 22.9 Å². The number of nitriles is 1. The molecule has 1 aromatic carbocycles. The summed E-state index contributed by atoms with van der Waals surface area (Å²) in [6.07, 6.45) is 0. The van der Waals surface area contributed by atoms with Crippen LogP contribution in [0.5, 0.6) is 0 Å². The van der Waals surface area contributed by atoms with E-state index in [1.165, 1.54) is 11.3 Å². The van der Waals surface area contributed by atoms with Crippen molar-refractivity contribution in [2.75, 3.05) is 13.6 Å². The van der Waals surface area contributed by atoms with Gasteiger partial charge in [0.15, 0.2) is 5.78 Å². The first-order valence-electron chi connectivity index (χ1n) is 6.04. The molecule has 0 saturated heterocycles. The molecular formula is C15H13ClN2OS. The fraction of sp³-hybridized carbons (Fsp3) is 0.200. The molecule has 0 atom stereocenters. The zero-order valence-electron chi connectivity index (χ0n) is 11.0. The maximum atomic E-state index is 12.0. The second-order valence-electron chi connectivity index (χ2n) is 4.51. The highest BCUT2D eigenvalue weighted by atomic mass is 35.5. The molecule has 0 bridgehead atoms. The lowest BCUT2D eigenvalue weighted by molar-refractivity contribution is 0.0947. The number of thiophene rings is 1. The van der Waals surface area contributed by atoms with Gasteiger partial charge in [-0.25, -0.2) is 0 Å². The highest BCUT2D eigenvalue weighted by Crippen LogP contribution is 2.22. The molecule has 0 radical (unpaired) electrons. The lowest BCUT2D eigenvalue weighted by Crippen LogP contribution is -2.25. The molecule has 5 heteroatoms. The van der Waals surface area contributed by atoms with Crippen molar-refractivity contribution in [1.82, 2.24) is 4.90 Å². The van der Waals surface area contributed by atoms with E-state index >= 15 is 0 Å². The molecule has 0 aliphatic rings. The van der Waals surface area contributed by atoms with Crippen LogP contribution in [0.4, 0.5) is 0 Å². The van der Waals surface area contributed by atoms with E-state index in [4.69, 9.17) is 16.9 Å². The zero-order valence-corrected chi connectivity index (χ0v) is 12.5. The van der Waals surface area contributed by atoms with Gasteiger partial charge in [0.25, 0.3) is 0 Å². The molecule has 0 saturated carbocycles. The van der Waals surface area contributed by atoms with Crippen molar-refractivity contribution in [2.24, 2.45) is 0 Å². The summed E-state index contributed by atoms with van der Waals surface area (Å²) >= 11 is 7.12. The first-order valence-corrected chi connectivity index (χ1v) is 7.24. The topological polar surface area (TPSA) is 44.1 Å². The van der Waals surface area contributed by atoms with E-state index in [-0.39, 0.29) is 5.78 Å². The van der Waals surface area contributed by atoms with Gasteiger partial charge in [-0.1, -0.05) is 23.7 Å². The smallest absolute Gasteiger partial charge is 0.186 e. The number of Topliss-reactive ketones (excluding diaryl/α,β-unsaturated/α-hetero) is 1. The quantitative estimate of drug-likeness (QED) is 0.793. The van der Waals surface area contributed by atoms with E-state index in [1.54, 1.807) is 18.2 Å². The second-order valence-corrected chi connectivity index (χ2v) is 6.23. The lowest BCUT2D eigenvalue weighted by atomic mass is 10.1. The van der Waals surface area contributed by atoms with E-state index in [0.717, 1.165) is 5.56 Å². The van der Waals surface area contributed by atoms with Crippen LogP contribution in [0.3, 0.4) is 0 Å². The summed E-state index contributed by atoms with van der Waals surface area (Å²) in [5.74, 6) is 0.0563. The van der Waals surface area contributed by atoms with Gasteiger partial charge in [-0.3, -0.25) is 9.69 Å². The van der Waals surface area contributed by atoms with Crippen LogP contribution in [-0.2, 0) is 6.54 Å². The number of hydrogen-bond acceptors (Lipinski definition) is 4. The Bertz CT molecular complexity index is 660. The van der Waals surface area contributed by atoms with E-state index in [0.29, 0.717) is 27.9 Å². The third kappa shape index (κ3) is 3.91. The highest BCUT2D eigenvalue weighted by Gasteiger charge is 2.12. The van der Waals surface area contributed by atoms with Gasteiger partial charge in [-0.05, 0) is 36.9 Å². The maximum absolute atomic E-state index is 12.0. The molecule has 0 spiro atoms. The Balaban J connectivity index is 1.97. The summed E-state index contributed by atoms with van der Waals surface area (Å²) in [6, 6.07) is 13.0. The summed E-state index contributed by atoms with van der Waals surface area (Å²) in [6.45, 7) is 0.952. The van der Waals surface area contributed by atoms with Crippen molar-refractivity contribution in [1.29, 1.82) is 5.26 Å². The monoisotopic (exact) mass is 304 g/mol. The van der Waals surface area contributed by atoms with Crippen molar-refractivity contribution in [3.63, 3.8) is 0 Å². The number of carbonyl (C=O) groups excluding carboxylic acids is 1. The van der Waals surface area contributed by atoms with Crippen LogP contribution in [0, 0.1) is 11.3 Å². The number of hydrogen-bond donors (Lipinski definition) is 0. The molecule has 102 valence electrons. The van der Waals surface area contributed by atoms with Gasteiger partial charge in [0.1, 0.15) is 0 Å². The Morgan fingerprint density at radius 2 is 2.20 bits per heavy atom. The first kappa shape index (κ1) is 14.7. The van der Waals surface area contributed by atoms with Crippen molar-refractivity contribution < 1.29 is 4.79 Å². The number of benzene rings is 1. The summed E-state index contributed by atoms with van der Waals surface area (Å²) in [4.78, 5) is 14.6. The summed E-state index contributed by atoms with van der Waals surface area (Å²) in [5.41, 5.74) is 1.65. The molecule has 20 heavy (non-hydrogen) atoms. The van der Waals surface area contributed by atoms with Gasteiger partial charge in [-0.2, -0.15) is 5.26 Å². The Morgan fingerprint density at radius 3 is 2.85 bits per heavy atom. The fourth-order valence-corrected chi connectivity index (χ4v) is 2.87. The Morgan fingerprint density at radius 1 is 1.40 bits per heavy atom. The fourth-order valence-electron chi connectivity index (χ4n) is 1.89. The molecule has 3 nitrogen and oxygen atoms in total. The predicted octanol–water partition coefficient (Wildman–Crippen LogP) is 3.59. The van der Waals surface area contributed by atoms with Crippen molar-refractivity contribution in [3.8, 4) is 6.07 Å². The Labute approximate surface area is 127 Å². The predicted molar refractivity (Wildman–Crippen MR) is 81.2 cm³/mol. The number of rotatable bonds is 5. The average Bonchev–Trinajstić information content (AvgIpc) is 2.85. The van der Waals surface area contributed by atoms with Gasteiger partial charge in [0.2, 0.25) is 0 Å². The second kappa shape index (κ2) is 6.67. The highest BCUT2D eigenvalue weighted by molar-refractivity contribution is 7.18. The van der Waals surface area contributed by atoms with Gasteiger partial charge in [0.05, 0.1) is 27.4 Å². The maximum Gasteiger partial charge on any atom is 0.186 e. The third-order valence-electron chi connectivity index (χ3n) is 2.77. The minimum absolute atomic E-state index is 0.0563. The molecule has 1 aromatic heterocycles. The number of carbonyl (C=O) groups is 1. The number of ketones is 1. The van der Waals surface area contributed by atoms with Gasteiger partial charge in [-0.15, -0.1) is 11.3 Å². The van der Waals surface area contributed by atoms with Crippen LogP contribution in [-0.4, -0.2) is 24.3 Å². The molecule has 0 N–H and O–H groups in total. The zero-order chi connectivity index (χ0) is 14.5. The number of likely N-dealkylation sites (N-methyl/N-ethyl adjacent to an activating group) is 1. The van der Waals surface area contributed by atoms with Gasteiger partial charge < -0.3 is 0 Å². The Kier molecular flexibility index (Phi) is 4.91. The molecule has 1 heterocycles. The SMILES string of the molecule is CN(CC(=O)c1ccc(Cl)s1)Cc1cccc(C#N)c1. The van der Waals surface area contributed by atoms with Crippen LogP contribution in [0.1, 0.15) is 20.8 Å². The number of halogens is 1. The standard InChI is InChI=1S/C15H13ClN2OS/c1-18(9-12-4-2-3-11(7-12)8-17)10-13(19)14-5-6-15(16)20-14/h2-7H,9-10H2,1H3. The molecule has 0 aliphatic carbocycles. The molecule has 0 unspecified atom stereocenters. The van der Waals surface area contributed by atoms with Crippen molar-refractivity contribution in [3.05, 3.63) is 56.7 Å². The minimum Gasteiger partial charge on any atom is -0.295 e. The summed E-state index contributed by atoms with van der Waals surface area (Å²) < 4.78 is 0.623. The summed E-state index contributed by atoms with van der Waals surface area (Å²) in [7, 11) is 1.88. The molecule has 2 rings (SSSR count). The van der Waals surface area contributed by atoms with E-state index < -0.39 is 0 Å². The van der Waals surface area contributed by atoms with Crippen molar-refractivity contribution >= 4 is 28.7 Å². The molecule has 0 fully saturated rings. The first-order chi connectivity index (χ1) is 9.58. The van der Waals surface area contributed by atoms with E-state index in [2.05, 4.69) is 6.07 Å². The average molecular weight is 305 g/mol. The normalized spacial score (nSPS) is 10.5. The van der Waals surface area contributed by atoms with Crippen LogP contribution in [0.15, 0.2) is 36.4 Å². The van der Waals surface area contributed by atoms with E-state index in [1.807, 2.05) is 30.1 Å². The van der Waals surface area contributed by atoms with Gasteiger partial charge in [0, 0.05) is 6.54 Å². The number of nitrogens with zero attached hydrogens (tertiary/aromatic N) is 2. The third-order valence-corrected chi connectivity index (χ3v) is 4.04. The Hall–Kier alpha value is -1.67. The van der Waals surface area contributed by atoms with E-state index in [9.17, 15) is 4.79 Å². The molecule has 2 aromatic rings. The molecule has 0 aliphatic heterocycles. The van der Waals surface area contributed by atoms with Crippen LogP contribution in [0.2, 0.25) is 4.34 Å². The lowest BCUT2D eigenvalue weighted by Gasteiger charge is -2.15. The summed E-state index contributed by atoms with van der Waals surface area (Å²) in [5, 5.41) is 8.86. The minimum atomic E-state index is 0.0563. The van der Waals surface area contributed by atoms with Crippen LogP contribution in [0.25, 0.3) is 0 Å². The molecular weight excluding hydrogens is 292 g/mol. The molecule has 0 amide bonds.